The van der Waals surface area contributed by atoms with E-state index in [9.17, 15) is 9.59 Å². The zero-order chi connectivity index (χ0) is 21.3. The van der Waals surface area contributed by atoms with E-state index in [-0.39, 0.29) is 18.4 Å². The number of nitrogens with zero attached hydrogens (tertiary/aromatic N) is 2. The summed E-state index contributed by atoms with van der Waals surface area (Å²) in [5, 5.41) is 5.71. The molecule has 0 spiro atoms. The molecule has 1 aliphatic rings. The van der Waals surface area contributed by atoms with E-state index in [1.807, 2.05) is 63.2 Å². The van der Waals surface area contributed by atoms with Crippen molar-refractivity contribution in [3.05, 3.63) is 58.6 Å². The number of carbonyl (C=O) groups is 2. The summed E-state index contributed by atoms with van der Waals surface area (Å²) in [7, 11) is 0. The van der Waals surface area contributed by atoms with Crippen LogP contribution in [-0.4, -0.2) is 34.0 Å². The molecular weight excluding hydrogens is 398 g/mol. The van der Waals surface area contributed by atoms with Crippen molar-refractivity contribution < 1.29 is 14.3 Å². The molecule has 4 rings (SSSR count). The number of nitrogens with one attached hydrogen (secondary N) is 1. The molecule has 0 radical (unpaired) electrons. The molecule has 156 valence electrons. The van der Waals surface area contributed by atoms with Gasteiger partial charge in [0, 0.05) is 17.8 Å². The Bertz CT molecular complexity index is 1100. The molecule has 0 unspecified atom stereocenters. The lowest BCUT2D eigenvalue weighted by molar-refractivity contribution is -0.115. The second-order valence-corrected chi connectivity index (χ2v) is 9.49. The fourth-order valence-corrected chi connectivity index (χ4v) is 4.55. The first-order valence-electron chi connectivity index (χ1n) is 10.0. The molecule has 1 aromatic heterocycles. The third-order valence-electron chi connectivity index (χ3n) is 4.86. The number of benzene rings is 2. The second-order valence-electron chi connectivity index (χ2n) is 8.40. The number of hydrogen-bond acceptors (Lipinski definition) is 5. The van der Waals surface area contributed by atoms with Crippen LogP contribution in [0.25, 0.3) is 10.8 Å². The molecule has 0 bridgehead atoms. The molecule has 0 aliphatic carbocycles. The lowest BCUT2D eigenvalue weighted by atomic mass is 10.0. The summed E-state index contributed by atoms with van der Waals surface area (Å²) in [6.45, 7) is 6.60. The fourth-order valence-electron chi connectivity index (χ4n) is 3.51. The number of aromatic nitrogens is 1. The minimum absolute atomic E-state index is 0.0959. The van der Waals surface area contributed by atoms with Crippen molar-refractivity contribution >= 4 is 39.2 Å². The van der Waals surface area contributed by atoms with Crippen LogP contribution in [0.5, 0.6) is 0 Å². The number of thiazole rings is 1. The van der Waals surface area contributed by atoms with Crippen molar-refractivity contribution in [2.45, 2.75) is 45.8 Å². The summed E-state index contributed by atoms with van der Waals surface area (Å²) < 4.78 is 5.47. The zero-order valence-corrected chi connectivity index (χ0v) is 18.2. The molecule has 0 fully saturated rings. The first kappa shape index (κ1) is 20.3. The predicted molar refractivity (Wildman–Crippen MR) is 119 cm³/mol. The van der Waals surface area contributed by atoms with E-state index >= 15 is 0 Å². The average molecular weight is 424 g/mol. The number of anilines is 1. The second kappa shape index (κ2) is 8.07. The summed E-state index contributed by atoms with van der Waals surface area (Å²) in [6, 6.07) is 14.0. The highest BCUT2D eigenvalue weighted by molar-refractivity contribution is 7.15. The molecule has 30 heavy (non-hydrogen) atoms. The standard InChI is InChI=1S/C23H25N3O3S/c1-23(2,3)29-22(28)26-12-11-18-19(14-26)30-21(24-18)25-20(27)13-16-9-6-8-15-7-4-5-10-17(15)16/h4-10H,11-14H2,1-3H3,(H,24,25,27). The molecule has 0 atom stereocenters. The molecule has 7 heteroatoms. The van der Waals surface area contributed by atoms with Gasteiger partial charge in [-0.25, -0.2) is 9.78 Å². The maximum absolute atomic E-state index is 12.6. The topological polar surface area (TPSA) is 71.5 Å². The van der Waals surface area contributed by atoms with Crippen LogP contribution in [0, 0.1) is 0 Å². The average Bonchev–Trinajstić information content (AvgIpc) is 3.08. The number of fused-ring (bicyclic) bond motifs is 2. The van der Waals surface area contributed by atoms with Gasteiger partial charge >= 0.3 is 6.09 Å². The molecule has 0 saturated carbocycles. The Morgan fingerprint density at radius 1 is 1.17 bits per heavy atom. The van der Waals surface area contributed by atoms with E-state index in [1.165, 1.54) is 11.3 Å². The summed E-state index contributed by atoms with van der Waals surface area (Å²) in [5.74, 6) is -0.0959. The van der Waals surface area contributed by atoms with Crippen molar-refractivity contribution in [1.29, 1.82) is 0 Å². The lowest BCUT2D eigenvalue weighted by Crippen LogP contribution is -2.39. The third-order valence-corrected chi connectivity index (χ3v) is 5.86. The number of hydrogen-bond donors (Lipinski definition) is 1. The molecule has 1 aliphatic heterocycles. The Morgan fingerprint density at radius 3 is 2.73 bits per heavy atom. The van der Waals surface area contributed by atoms with Gasteiger partial charge in [0.05, 0.1) is 18.7 Å². The maximum Gasteiger partial charge on any atom is 0.410 e. The summed E-state index contributed by atoms with van der Waals surface area (Å²) in [4.78, 5) is 32.2. The van der Waals surface area contributed by atoms with Crippen LogP contribution in [0.2, 0.25) is 0 Å². The monoisotopic (exact) mass is 423 g/mol. The minimum Gasteiger partial charge on any atom is -0.444 e. The SMILES string of the molecule is CC(C)(C)OC(=O)N1CCc2nc(NC(=O)Cc3cccc4ccccc34)sc2C1. The van der Waals surface area contributed by atoms with Gasteiger partial charge in [-0.1, -0.05) is 53.8 Å². The van der Waals surface area contributed by atoms with Crippen molar-refractivity contribution in [2.24, 2.45) is 0 Å². The third kappa shape index (κ3) is 4.62. The van der Waals surface area contributed by atoms with Gasteiger partial charge < -0.3 is 15.0 Å². The molecule has 0 saturated heterocycles. The smallest absolute Gasteiger partial charge is 0.410 e. The number of rotatable bonds is 3. The van der Waals surface area contributed by atoms with E-state index in [0.29, 0.717) is 24.6 Å². The van der Waals surface area contributed by atoms with Gasteiger partial charge in [0.1, 0.15) is 5.60 Å². The van der Waals surface area contributed by atoms with Gasteiger partial charge in [-0.05, 0) is 37.1 Å². The van der Waals surface area contributed by atoms with Crippen LogP contribution in [0.1, 0.15) is 36.9 Å². The predicted octanol–water partition coefficient (Wildman–Crippen LogP) is 4.77. The van der Waals surface area contributed by atoms with Gasteiger partial charge in [-0.15, -0.1) is 0 Å². The van der Waals surface area contributed by atoms with Crippen LogP contribution >= 0.6 is 11.3 Å². The molecule has 2 amide bonds. The first-order chi connectivity index (χ1) is 14.3. The van der Waals surface area contributed by atoms with Crippen LogP contribution < -0.4 is 5.32 Å². The molecule has 2 aromatic carbocycles. The van der Waals surface area contributed by atoms with Crippen LogP contribution in [0.15, 0.2) is 42.5 Å². The van der Waals surface area contributed by atoms with Gasteiger partial charge in [0.15, 0.2) is 5.13 Å². The van der Waals surface area contributed by atoms with E-state index in [1.54, 1.807) is 4.90 Å². The largest absolute Gasteiger partial charge is 0.444 e. The quantitative estimate of drug-likeness (QED) is 0.659. The van der Waals surface area contributed by atoms with Gasteiger partial charge in [-0.3, -0.25) is 4.79 Å². The summed E-state index contributed by atoms with van der Waals surface area (Å²) in [6.07, 6.45) is 0.628. The molecule has 6 nitrogen and oxygen atoms in total. The summed E-state index contributed by atoms with van der Waals surface area (Å²) in [5.41, 5.74) is 1.41. The van der Waals surface area contributed by atoms with Crippen LogP contribution in [0.4, 0.5) is 9.93 Å². The van der Waals surface area contributed by atoms with Crippen molar-refractivity contribution in [2.75, 3.05) is 11.9 Å². The van der Waals surface area contributed by atoms with Crippen LogP contribution in [-0.2, 0) is 28.9 Å². The number of amides is 2. The molecular formula is C23H25N3O3S. The van der Waals surface area contributed by atoms with E-state index in [2.05, 4.69) is 10.3 Å². The Kier molecular flexibility index (Phi) is 5.47. The lowest BCUT2D eigenvalue weighted by Gasteiger charge is -2.29. The fraction of sp³-hybridized carbons (Fsp3) is 0.348. The highest BCUT2D eigenvalue weighted by Crippen LogP contribution is 2.29. The number of carbonyl (C=O) groups excluding carboxylic acids is 2. The maximum atomic E-state index is 12.6. The van der Waals surface area contributed by atoms with Crippen molar-refractivity contribution in [3.63, 3.8) is 0 Å². The van der Waals surface area contributed by atoms with Crippen molar-refractivity contribution in [3.8, 4) is 0 Å². The van der Waals surface area contributed by atoms with Crippen LogP contribution in [0.3, 0.4) is 0 Å². The summed E-state index contributed by atoms with van der Waals surface area (Å²) >= 11 is 1.42. The zero-order valence-electron chi connectivity index (χ0n) is 17.4. The van der Waals surface area contributed by atoms with Gasteiger partial charge in [0.2, 0.25) is 5.91 Å². The molecule has 1 N–H and O–H groups in total. The Labute approximate surface area is 179 Å². The van der Waals surface area contributed by atoms with E-state index < -0.39 is 5.60 Å². The number of ether oxygens (including phenoxy) is 1. The van der Waals surface area contributed by atoms with Gasteiger partial charge in [-0.2, -0.15) is 0 Å². The highest BCUT2D eigenvalue weighted by Gasteiger charge is 2.28. The van der Waals surface area contributed by atoms with E-state index in [0.717, 1.165) is 26.9 Å². The molecule has 3 aromatic rings. The Hall–Kier alpha value is -2.93. The Balaban J connectivity index is 1.42. The normalized spacial score (nSPS) is 13.8. The first-order valence-corrected chi connectivity index (χ1v) is 10.8. The molecule has 2 heterocycles. The van der Waals surface area contributed by atoms with Crippen molar-refractivity contribution in [1.82, 2.24) is 9.88 Å². The highest BCUT2D eigenvalue weighted by atomic mass is 32.1. The minimum atomic E-state index is -0.522. The van der Waals surface area contributed by atoms with Gasteiger partial charge in [0.25, 0.3) is 0 Å². The van der Waals surface area contributed by atoms with E-state index in [4.69, 9.17) is 4.74 Å². The Morgan fingerprint density at radius 2 is 1.93 bits per heavy atom.